The molecule has 1 aliphatic carbocycles. The molecular formula is C17H26Cl4N2O. The Kier molecular flexibility index (Phi) is 9.50. The first-order chi connectivity index (χ1) is 10.7. The van der Waals surface area contributed by atoms with Gasteiger partial charge in [0.05, 0.1) is 5.02 Å². The van der Waals surface area contributed by atoms with Crippen LogP contribution in [0.15, 0.2) is 12.1 Å². The number of piperazine rings is 1. The molecule has 0 amide bonds. The van der Waals surface area contributed by atoms with Crippen LogP contribution in [0.25, 0.3) is 0 Å². The van der Waals surface area contributed by atoms with Gasteiger partial charge in [0.25, 0.3) is 0 Å². The van der Waals surface area contributed by atoms with E-state index in [-0.39, 0.29) is 36.6 Å². The van der Waals surface area contributed by atoms with Gasteiger partial charge in [0, 0.05) is 42.8 Å². The third-order valence-electron chi connectivity index (χ3n) is 5.01. The average molecular weight is 416 g/mol. The zero-order valence-electron chi connectivity index (χ0n) is 13.6. The van der Waals surface area contributed by atoms with Gasteiger partial charge in [-0.3, -0.25) is 4.90 Å². The smallest absolute Gasteiger partial charge is 0.123 e. The predicted octanol–water partition coefficient (Wildman–Crippen LogP) is 5.07. The fourth-order valence-corrected chi connectivity index (χ4v) is 4.59. The molecule has 0 unspecified atom stereocenters. The molecule has 0 aromatic heterocycles. The van der Waals surface area contributed by atoms with Crippen molar-refractivity contribution in [2.45, 2.75) is 38.1 Å². The first-order valence-corrected chi connectivity index (χ1v) is 9.05. The normalized spacial score (nSPS) is 20.8. The van der Waals surface area contributed by atoms with Crippen LogP contribution in [0.5, 0.6) is 5.75 Å². The maximum absolute atomic E-state index is 10.5. The second kappa shape index (κ2) is 10.3. The highest BCUT2D eigenvalue weighted by Gasteiger charge is 2.34. The lowest BCUT2D eigenvalue weighted by Gasteiger charge is -2.41. The van der Waals surface area contributed by atoms with Gasteiger partial charge in [-0.15, -0.1) is 24.8 Å². The van der Waals surface area contributed by atoms with Crippen LogP contribution in [0.2, 0.25) is 10.0 Å². The number of hydrogen-bond donors (Lipinski definition) is 2. The molecule has 1 aliphatic heterocycles. The van der Waals surface area contributed by atoms with E-state index in [1.807, 2.05) is 0 Å². The molecule has 0 bridgehead atoms. The minimum absolute atomic E-state index is 0. The van der Waals surface area contributed by atoms with Gasteiger partial charge in [0.1, 0.15) is 5.75 Å². The van der Waals surface area contributed by atoms with E-state index < -0.39 is 0 Å². The monoisotopic (exact) mass is 414 g/mol. The van der Waals surface area contributed by atoms with Crippen LogP contribution in [0.3, 0.4) is 0 Å². The van der Waals surface area contributed by atoms with E-state index in [0.717, 1.165) is 31.7 Å². The van der Waals surface area contributed by atoms with Crippen molar-refractivity contribution in [2.75, 3.05) is 26.2 Å². The first-order valence-electron chi connectivity index (χ1n) is 8.29. The summed E-state index contributed by atoms with van der Waals surface area (Å²) in [5, 5.41) is 15.0. The Bertz CT molecular complexity index is 476. The van der Waals surface area contributed by atoms with Crippen LogP contribution < -0.4 is 5.32 Å². The topological polar surface area (TPSA) is 35.5 Å². The molecule has 138 valence electrons. The molecule has 3 rings (SSSR count). The summed E-state index contributed by atoms with van der Waals surface area (Å²) in [5.41, 5.74) is 0.875. The van der Waals surface area contributed by atoms with Crippen LogP contribution in [-0.2, 0) is 0 Å². The Labute approximate surface area is 166 Å². The molecule has 1 aromatic rings. The van der Waals surface area contributed by atoms with Crippen molar-refractivity contribution in [3.63, 3.8) is 0 Å². The van der Waals surface area contributed by atoms with Crippen LogP contribution >= 0.6 is 48.0 Å². The van der Waals surface area contributed by atoms with Gasteiger partial charge >= 0.3 is 0 Å². The lowest BCUT2D eigenvalue weighted by atomic mass is 9.80. The van der Waals surface area contributed by atoms with Gasteiger partial charge < -0.3 is 10.4 Å². The number of benzene rings is 1. The number of phenolic OH excluding ortho intramolecular Hbond substituents is 1. The molecule has 0 radical (unpaired) electrons. The molecule has 1 aromatic carbocycles. The lowest BCUT2D eigenvalue weighted by Crippen LogP contribution is -2.47. The Morgan fingerprint density at radius 1 is 1.04 bits per heavy atom. The molecule has 2 aliphatic rings. The summed E-state index contributed by atoms with van der Waals surface area (Å²) < 4.78 is 0. The number of rotatable bonds is 3. The summed E-state index contributed by atoms with van der Waals surface area (Å²) in [7, 11) is 0. The highest BCUT2D eigenvalue weighted by molar-refractivity contribution is 6.35. The third-order valence-corrected chi connectivity index (χ3v) is 5.54. The maximum atomic E-state index is 10.5. The molecule has 7 heteroatoms. The molecule has 1 saturated carbocycles. The van der Waals surface area contributed by atoms with E-state index in [0.29, 0.717) is 16.0 Å². The molecule has 2 N–H and O–H groups in total. The van der Waals surface area contributed by atoms with Crippen molar-refractivity contribution in [2.24, 2.45) is 5.92 Å². The number of phenols is 1. The quantitative estimate of drug-likeness (QED) is 0.723. The molecular weight excluding hydrogens is 390 g/mol. The van der Waals surface area contributed by atoms with Gasteiger partial charge in [0.2, 0.25) is 0 Å². The Morgan fingerprint density at radius 3 is 2.25 bits per heavy atom. The van der Waals surface area contributed by atoms with Gasteiger partial charge in [-0.1, -0.05) is 42.5 Å². The van der Waals surface area contributed by atoms with Crippen molar-refractivity contribution in [3.8, 4) is 5.75 Å². The van der Waals surface area contributed by atoms with Crippen LogP contribution in [-0.4, -0.2) is 36.2 Å². The lowest BCUT2D eigenvalue weighted by molar-refractivity contribution is 0.101. The predicted molar refractivity (Wildman–Crippen MR) is 106 cm³/mol. The van der Waals surface area contributed by atoms with E-state index in [9.17, 15) is 5.11 Å². The largest absolute Gasteiger partial charge is 0.508 e. The van der Waals surface area contributed by atoms with E-state index in [4.69, 9.17) is 23.2 Å². The Hall–Kier alpha value is 0.1000. The van der Waals surface area contributed by atoms with Crippen molar-refractivity contribution < 1.29 is 5.11 Å². The van der Waals surface area contributed by atoms with E-state index >= 15 is 0 Å². The van der Waals surface area contributed by atoms with E-state index in [1.54, 1.807) is 12.1 Å². The summed E-state index contributed by atoms with van der Waals surface area (Å²) in [4.78, 5) is 2.49. The van der Waals surface area contributed by atoms with Gasteiger partial charge in [0.15, 0.2) is 0 Å². The molecule has 3 nitrogen and oxygen atoms in total. The van der Waals surface area contributed by atoms with Gasteiger partial charge in [-0.25, -0.2) is 0 Å². The number of nitrogens with zero attached hydrogens (tertiary/aromatic N) is 1. The standard InChI is InChI=1S/C17H24Cl2N2O.2ClH/c18-13-10-14(19)16(15(22)11-13)17(12-4-2-1-3-5-12)21-8-6-20-7-9-21;;/h10-12,17,20,22H,1-9H2;2*1H/t17-;;/m0../s1. The molecule has 1 atom stereocenters. The van der Waals surface area contributed by atoms with Crippen molar-refractivity contribution in [1.29, 1.82) is 0 Å². The number of nitrogens with one attached hydrogen (secondary N) is 1. The molecule has 0 spiro atoms. The van der Waals surface area contributed by atoms with Crippen molar-refractivity contribution >= 4 is 48.0 Å². The number of halogens is 4. The Morgan fingerprint density at radius 2 is 1.67 bits per heavy atom. The minimum Gasteiger partial charge on any atom is -0.508 e. The number of hydrogen-bond acceptors (Lipinski definition) is 3. The third kappa shape index (κ3) is 5.06. The highest BCUT2D eigenvalue weighted by atomic mass is 35.5. The Balaban J connectivity index is 0.00000144. The SMILES string of the molecule is Cl.Cl.Oc1cc(Cl)cc(Cl)c1[C@H](C1CCCCC1)N1CCNCC1. The minimum atomic E-state index is 0. The van der Waals surface area contributed by atoms with Gasteiger partial charge in [-0.05, 0) is 30.9 Å². The summed E-state index contributed by atoms with van der Waals surface area (Å²) >= 11 is 12.5. The van der Waals surface area contributed by atoms with E-state index in [2.05, 4.69) is 10.2 Å². The summed E-state index contributed by atoms with van der Waals surface area (Å²) in [6.45, 7) is 3.99. The highest BCUT2D eigenvalue weighted by Crippen LogP contribution is 2.45. The molecule has 24 heavy (non-hydrogen) atoms. The fraction of sp³-hybridized carbons (Fsp3) is 0.647. The molecule has 1 heterocycles. The van der Waals surface area contributed by atoms with Gasteiger partial charge in [-0.2, -0.15) is 0 Å². The van der Waals surface area contributed by atoms with Crippen LogP contribution in [0, 0.1) is 5.92 Å². The maximum Gasteiger partial charge on any atom is 0.123 e. The second-order valence-electron chi connectivity index (χ2n) is 6.45. The van der Waals surface area contributed by atoms with E-state index in [1.165, 1.54) is 32.1 Å². The molecule has 2 fully saturated rings. The summed E-state index contributed by atoms with van der Waals surface area (Å²) in [6, 6.07) is 3.59. The summed E-state index contributed by atoms with van der Waals surface area (Å²) in [5.74, 6) is 0.808. The average Bonchev–Trinajstić information content (AvgIpc) is 2.52. The number of aromatic hydroxyl groups is 1. The van der Waals surface area contributed by atoms with Crippen molar-refractivity contribution in [3.05, 3.63) is 27.7 Å². The molecule has 1 saturated heterocycles. The first kappa shape index (κ1) is 22.1. The van der Waals surface area contributed by atoms with Crippen LogP contribution in [0.1, 0.15) is 43.7 Å². The zero-order chi connectivity index (χ0) is 15.5. The summed E-state index contributed by atoms with van der Waals surface area (Å²) in [6.07, 6.45) is 6.31. The zero-order valence-corrected chi connectivity index (χ0v) is 16.8. The second-order valence-corrected chi connectivity index (χ2v) is 7.29. The van der Waals surface area contributed by atoms with Crippen molar-refractivity contribution in [1.82, 2.24) is 10.2 Å². The van der Waals surface area contributed by atoms with Crippen LogP contribution in [0.4, 0.5) is 0 Å². The fourth-order valence-electron chi connectivity index (χ4n) is 3.99.